The highest BCUT2D eigenvalue weighted by Crippen LogP contribution is 2.27. The zero-order chi connectivity index (χ0) is 18.4. The maximum atomic E-state index is 14.1. The highest BCUT2D eigenvalue weighted by atomic mass is 19.1. The molecule has 3 aromatic carbocycles. The van der Waals surface area contributed by atoms with Crippen LogP contribution in [-0.4, -0.2) is 13.0 Å². The van der Waals surface area contributed by atoms with E-state index in [1.54, 1.807) is 31.4 Å². The van der Waals surface area contributed by atoms with E-state index in [1.165, 1.54) is 6.07 Å². The van der Waals surface area contributed by atoms with Gasteiger partial charge in [-0.05, 0) is 47.5 Å². The van der Waals surface area contributed by atoms with Crippen LogP contribution in [0, 0.1) is 17.7 Å². The maximum absolute atomic E-state index is 14.1. The van der Waals surface area contributed by atoms with Gasteiger partial charge in [-0.15, -0.1) is 0 Å². The molecule has 0 spiro atoms. The van der Waals surface area contributed by atoms with Gasteiger partial charge in [0.15, 0.2) is 0 Å². The van der Waals surface area contributed by atoms with Crippen LogP contribution >= 0.6 is 0 Å². The number of carbonyl (C=O) groups is 1. The Morgan fingerprint density at radius 3 is 2.50 bits per heavy atom. The van der Waals surface area contributed by atoms with E-state index >= 15 is 0 Å². The van der Waals surface area contributed by atoms with Gasteiger partial charge >= 0.3 is 5.91 Å². The van der Waals surface area contributed by atoms with Crippen molar-refractivity contribution >= 4 is 11.6 Å². The number of hydrogen-bond donors (Lipinski definition) is 1. The first kappa shape index (κ1) is 17.2. The van der Waals surface area contributed by atoms with Crippen LogP contribution in [0.15, 0.2) is 72.8 Å². The maximum Gasteiger partial charge on any atom is 0.300 e. The summed E-state index contributed by atoms with van der Waals surface area (Å²) in [7, 11) is 1.58. The lowest BCUT2D eigenvalue weighted by atomic mass is 10.0. The molecule has 0 saturated heterocycles. The van der Waals surface area contributed by atoms with Crippen LogP contribution in [-0.2, 0) is 4.79 Å². The number of amides is 1. The minimum atomic E-state index is -0.574. The zero-order valence-corrected chi connectivity index (χ0v) is 14.1. The van der Waals surface area contributed by atoms with Crippen molar-refractivity contribution in [3.63, 3.8) is 0 Å². The molecule has 0 atom stereocenters. The Balaban J connectivity index is 1.82. The van der Waals surface area contributed by atoms with Gasteiger partial charge in [-0.25, -0.2) is 4.39 Å². The monoisotopic (exact) mass is 345 g/mol. The molecule has 4 heteroatoms. The second-order valence-electron chi connectivity index (χ2n) is 5.50. The highest BCUT2D eigenvalue weighted by molar-refractivity contribution is 6.04. The van der Waals surface area contributed by atoms with E-state index in [4.69, 9.17) is 4.74 Å². The van der Waals surface area contributed by atoms with Crippen molar-refractivity contribution in [2.75, 3.05) is 12.4 Å². The SMILES string of the molecule is COc1cccc(-c2ccc(F)c(NC(=O)C#Cc3ccccc3)c2)c1. The van der Waals surface area contributed by atoms with E-state index in [9.17, 15) is 9.18 Å². The zero-order valence-electron chi connectivity index (χ0n) is 14.1. The van der Waals surface area contributed by atoms with Crippen LogP contribution in [0.3, 0.4) is 0 Å². The minimum Gasteiger partial charge on any atom is -0.497 e. The van der Waals surface area contributed by atoms with Crippen LogP contribution in [0.1, 0.15) is 5.56 Å². The van der Waals surface area contributed by atoms with Crippen molar-refractivity contribution in [2.24, 2.45) is 0 Å². The third-order valence-corrected chi connectivity index (χ3v) is 3.71. The molecule has 0 radical (unpaired) electrons. The number of halogens is 1. The number of hydrogen-bond acceptors (Lipinski definition) is 2. The van der Waals surface area contributed by atoms with Crippen LogP contribution in [0.2, 0.25) is 0 Å². The van der Waals surface area contributed by atoms with Crippen molar-refractivity contribution < 1.29 is 13.9 Å². The van der Waals surface area contributed by atoms with E-state index in [0.717, 1.165) is 11.1 Å². The molecule has 0 fully saturated rings. The number of ether oxygens (including phenoxy) is 1. The fraction of sp³-hybridized carbons (Fsp3) is 0.0455. The van der Waals surface area contributed by atoms with Crippen molar-refractivity contribution in [3.8, 4) is 28.7 Å². The fourth-order valence-electron chi connectivity index (χ4n) is 2.41. The molecule has 0 aliphatic carbocycles. The van der Waals surface area contributed by atoms with E-state index in [2.05, 4.69) is 17.2 Å². The Labute approximate surface area is 151 Å². The third kappa shape index (κ3) is 4.28. The molecular weight excluding hydrogens is 329 g/mol. The molecule has 1 amide bonds. The fourth-order valence-corrected chi connectivity index (χ4v) is 2.41. The van der Waals surface area contributed by atoms with E-state index in [0.29, 0.717) is 11.3 Å². The summed E-state index contributed by atoms with van der Waals surface area (Å²) < 4.78 is 19.3. The summed E-state index contributed by atoms with van der Waals surface area (Å²) in [5, 5.41) is 2.50. The predicted molar refractivity (Wildman–Crippen MR) is 100 cm³/mol. The number of carbonyl (C=O) groups excluding carboxylic acids is 1. The molecule has 0 aromatic heterocycles. The molecular formula is C22H16FNO2. The predicted octanol–water partition coefficient (Wildman–Crippen LogP) is 4.49. The number of rotatable bonds is 3. The molecule has 0 unspecified atom stereocenters. The number of nitrogens with one attached hydrogen (secondary N) is 1. The van der Waals surface area contributed by atoms with Gasteiger partial charge in [0.1, 0.15) is 11.6 Å². The molecule has 128 valence electrons. The summed E-state index contributed by atoms with van der Waals surface area (Å²) in [4.78, 5) is 12.0. The smallest absolute Gasteiger partial charge is 0.300 e. The van der Waals surface area contributed by atoms with Gasteiger partial charge in [-0.1, -0.05) is 42.3 Å². The van der Waals surface area contributed by atoms with Crippen molar-refractivity contribution in [2.45, 2.75) is 0 Å². The summed E-state index contributed by atoms with van der Waals surface area (Å²) in [6.45, 7) is 0. The Morgan fingerprint density at radius 1 is 0.962 bits per heavy atom. The molecule has 26 heavy (non-hydrogen) atoms. The number of methoxy groups -OCH3 is 1. The lowest BCUT2D eigenvalue weighted by Crippen LogP contribution is -2.10. The largest absolute Gasteiger partial charge is 0.497 e. The second-order valence-corrected chi connectivity index (χ2v) is 5.50. The Hall–Kier alpha value is -3.58. The molecule has 0 saturated carbocycles. The number of benzene rings is 3. The normalized spacial score (nSPS) is 9.77. The van der Waals surface area contributed by atoms with Gasteiger partial charge in [-0.3, -0.25) is 4.79 Å². The van der Waals surface area contributed by atoms with E-state index in [-0.39, 0.29) is 5.69 Å². The van der Waals surface area contributed by atoms with E-state index < -0.39 is 11.7 Å². The molecule has 1 N–H and O–H groups in total. The molecule has 3 rings (SSSR count). The van der Waals surface area contributed by atoms with Gasteiger partial charge < -0.3 is 10.1 Å². The first-order valence-corrected chi connectivity index (χ1v) is 7.98. The summed E-state index contributed by atoms with van der Waals surface area (Å²) in [5.41, 5.74) is 2.41. The molecule has 0 aliphatic rings. The summed E-state index contributed by atoms with van der Waals surface area (Å²) in [6, 6.07) is 21.1. The first-order valence-electron chi connectivity index (χ1n) is 7.98. The lowest BCUT2D eigenvalue weighted by Gasteiger charge is -2.08. The van der Waals surface area contributed by atoms with Crippen LogP contribution < -0.4 is 10.1 Å². The quantitative estimate of drug-likeness (QED) is 0.710. The van der Waals surface area contributed by atoms with Crippen molar-refractivity contribution in [3.05, 3.63) is 84.2 Å². The van der Waals surface area contributed by atoms with Gasteiger partial charge in [0.2, 0.25) is 0 Å². The molecule has 0 bridgehead atoms. The average Bonchev–Trinajstić information content (AvgIpc) is 2.69. The Morgan fingerprint density at radius 2 is 1.73 bits per heavy atom. The third-order valence-electron chi connectivity index (χ3n) is 3.71. The van der Waals surface area contributed by atoms with Gasteiger partial charge in [0, 0.05) is 11.5 Å². The summed E-state index contributed by atoms with van der Waals surface area (Å²) in [5.74, 6) is 4.81. The molecule has 0 aliphatic heterocycles. The Bertz CT molecular complexity index is 988. The minimum absolute atomic E-state index is 0.0812. The van der Waals surface area contributed by atoms with Gasteiger partial charge in [-0.2, -0.15) is 0 Å². The molecule has 0 heterocycles. The van der Waals surface area contributed by atoms with Crippen LogP contribution in [0.25, 0.3) is 11.1 Å². The van der Waals surface area contributed by atoms with Crippen molar-refractivity contribution in [1.82, 2.24) is 0 Å². The first-order chi connectivity index (χ1) is 12.7. The summed E-state index contributed by atoms with van der Waals surface area (Å²) in [6.07, 6.45) is 0. The second kappa shape index (κ2) is 8.00. The average molecular weight is 345 g/mol. The van der Waals surface area contributed by atoms with E-state index in [1.807, 2.05) is 42.5 Å². The lowest BCUT2D eigenvalue weighted by molar-refractivity contribution is -0.111. The standard InChI is InChI=1S/C22H16FNO2/c1-26-19-9-5-8-17(14-19)18-11-12-20(23)21(15-18)24-22(25)13-10-16-6-3-2-4-7-16/h2-9,11-12,14-15H,1H3,(H,24,25). The van der Waals surface area contributed by atoms with Gasteiger partial charge in [0.25, 0.3) is 0 Å². The van der Waals surface area contributed by atoms with Gasteiger partial charge in [0.05, 0.1) is 12.8 Å². The van der Waals surface area contributed by atoms with Crippen molar-refractivity contribution in [1.29, 1.82) is 0 Å². The molecule has 3 aromatic rings. The highest BCUT2D eigenvalue weighted by Gasteiger charge is 2.08. The Kier molecular flexibility index (Phi) is 5.31. The van der Waals surface area contributed by atoms with Crippen LogP contribution in [0.5, 0.6) is 5.75 Å². The molecule has 3 nitrogen and oxygen atoms in total. The van der Waals surface area contributed by atoms with Crippen LogP contribution in [0.4, 0.5) is 10.1 Å². The topological polar surface area (TPSA) is 38.3 Å². The number of anilines is 1. The summed E-state index contributed by atoms with van der Waals surface area (Å²) >= 11 is 0.